The average molecular weight is 277 g/mol. The zero-order valence-electron chi connectivity index (χ0n) is 12.8. The molecule has 1 saturated heterocycles. The molecule has 1 aromatic rings. The third kappa shape index (κ3) is 2.66. The summed E-state index contributed by atoms with van der Waals surface area (Å²) in [6.45, 7) is 8.63. The van der Waals surface area contributed by atoms with Crippen molar-refractivity contribution in [1.82, 2.24) is 4.48 Å². The Morgan fingerprint density at radius 1 is 1.30 bits per heavy atom. The second-order valence-electron chi connectivity index (χ2n) is 6.66. The Balaban J connectivity index is 2.41. The van der Waals surface area contributed by atoms with E-state index in [9.17, 15) is 4.79 Å². The Kier molecular flexibility index (Phi) is 3.78. The number of hydrogen-bond acceptors (Lipinski definition) is 3. The molecule has 0 bridgehead atoms. The van der Waals surface area contributed by atoms with Crippen LogP contribution in [0.2, 0.25) is 0 Å². The zero-order valence-corrected chi connectivity index (χ0v) is 12.8. The van der Waals surface area contributed by atoms with E-state index in [1.165, 1.54) is 0 Å². The van der Waals surface area contributed by atoms with E-state index >= 15 is 0 Å². The van der Waals surface area contributed by atoms with Gasteiger partial charge in [0.2, 0.25) is 0 Å². The Morgan fingerprint density at radius 3 is 2.35 bits per heavy atom. The molecule has 1 fully saturated rings. The molecule has 2 N–H and O–H groups in total. The standard InChI is InChI=1S/C16H25N2O2/c1-12-6-5-11-18(12,15(19)20-16(2,3)4)14-9-7-13(17)8-10-14/h7-10,12H,5-6,11,17H2,1-4H3/q+1/t12-,18?/m1/s1. The van der Waals surface area contributed by atoms with Crippen LogP contribution in [0, 0.1) is 0 Å². The van der Waals surface area contributed by atoms with Gasteiger partial charge >= 0.3 is 6.09 Å². The van der Waals surface area contributed by atoms with Gasteiger partial charge in [0.1, 0.15) is 17.3 Å². The maximum atomic E-state index is 12.8. The Bertz CT molecular complexity index is 490. The number of likely N-dealkylation sites (tertiary alicyclic amines) is 1. The average Bonchev–Trinajstić information content (AvgIpc) is 2.71. The molecule has 20 heavy (non-hydrogen) atoms. The summed E-state index contributed by atoms with van der Waals surface area (Å²) in [7, 11) is 0. The smallest absolute Gasteiger partial charge is 0.414 e. The molecule has 1 amide bonds. The maximum absolute atomic E-state index is 12.8. The van der Waals surface area contributed by atoms with Crippen molar-refractivity contribution in [1.29, 1.82) is 0 Å². The van der Waals surface area contributed by atoms with Gasteiger partial charge in [-0.1, -0.05) is 0 Å². The van der Waals surface area contributed by atoms with Crippen molar-refractivity contribution in [3.05, 3.63) is 24.3 Å². The van der Waals surface area contributed by atoms with Crippen LogP contribution in [0.4, 0.5) is 16.2 Å². The van der Waals surface area contributed by atoms with Crippen molar-refractivity contribution in [2.75, 3.05) is 12.3 Å². The summed E-state index contributed by atoms with van der Waals surface area (Å²) in [4.78, 5) is 12.8. The summed E-state index contributed by atoms with van der Waals surface area (Å²) in [6.07, 6.45) is 1.90. The second-order valence-corrected chi connectivity index (χ2v) is 6.66. The van der Waals surface area contributed by atoms with Gasteiger partial charge in [0.25, 0.3) is 0 Å². The topological polar surface area (TPSA) is 52.3 Å². The van der Waals surface area contributed by atoms with Crippen LogP contribution in [0.1, 0.15) is 40.5 Å². The molecule has 1 heterocycles. The Labute approximate surface area is 121 Å². The lowest BCUT2D eigenvalue weighted by Crippen LogP contribution is -2.58. The molecule has 4 nitrogen and oxygen atoms in total. The van der Waals surface area contributed by atoms with Gasteiger partial charge < -0.3 is 10.5 Å². The van der Waals surface area contributed by atoms with E-state index in [4.69, 9.17) is 10.5 Å². The quantitative estimate of drug-likeness (QED) is 0.629. The first kappa shape index (κ1) is 14.9. The van der Waals surface area contributed by atoms with E-state index in [-0.39, 0.29) is 16.6 Å². The van der Waals surface area contributed by atoms with Gasteiger partial charge in [0.15, 0.2) is 0 Å². The minimum Gasteiger partial charge on any atom is -0.414 e. The molecule has 0 radical (unpaired) electrons. The number of benzene rings is 1. The van der Waals surface area contributed by atoms with Crippen LogP contribution in [-0.2, 0) is 4.74 Å². The minimum atomic E-state index is -0.474. The number of amides is 1. The first-order chi connectivity index (χ1) is 9.25. The highest BCUT2D eigenvalue weighted by Gasteiger charge is 2.50. The zero-order chi connectivity index (χ0) is 15.0. The van der Waals surface area contributed by atoms with Gasteiger partial charge in [-0.15, -0.1) is 0 Å². The van der Waals surface area contributed by atoms with Crippen LogP contribution in [0.15, 0.2) is 24.3 Å². The van der Waals surface area contributed by atoms with Gasteiger partial charge in [-0.3, -0.25) is 0 Å². The first-order valence-corrected chi connectivity index (χ1v) is 7.23. The molecule has 110 valence electrons. The van der Waals surface area contributed by atoms with Crippen molar-refractivity contribution in [3.8, 4) is 0 Å². The van der Waals surface area contributed by atoms with Crippen LogP contribution < -0.4 is 10.2 Å². The van der Waals surface area contributed by atoms with E-state index in [0.29, 0.717) is 5.69 Å². The largest absolute Gasteiger partial charge is 0.521 e. The van der Waals surface area contributed by atoms with E-state index in [0.717, 1.165) is 25.1 Å². The van der Waals surface area contributed by atoms with Crippen molar-refractivity contribution in [2.24, 2.45) is 0 Å². The molecular formula is C16H25N2O2+. The normalized spacial score (nSPS) is 26.5. The van der Waals surface area contributed by atoms with Crippen LogP contribution in [0.3, 0.4) is 0 Å². The minimum absolute atomic E-state index is 0.160. The molecule has 0 saturated carbocycles. The van der Waals surface area contributed by atoms with E-state index in [2.05, 4.69) is 6.92 Å². The molecular weight excluding hydrogens is 252 g/mol. The lowest BCUT2D eigenvalue weighted by Gasteiger charge is -2.36. The van der Waals surface area contributed by atoms with Crippen LogP contribution in [-0.4, -0.2) is 24.3 Å². The number of carbonyl (C=O) groups is 1. The number of hydrogen-bond donors (Lipinski definition) is 1. The predicted octanol–water partition coefficient (Wildman–Crippen LogP) is 3.69. The highest BCUT2D eigenvalue weighted by molar-refractivity contribution is 5.84. The fourth-order valence-corrected chi connectivity index (χ4v) is 2.92. The van der Waals surface area contributed by atoms with Gasteiger partial charge in [0.05, 0.1) is 6.54 Å². The molecule has 1 unspecified atom stereocenters. The summed E-state index contributed by atoms with van der Waals surface area (Å²) in [5.41, 5.74) is 6.97. The monoisotopic (exact) mass is 277 g/mol. The molecule has 1 aromatic carbocycles. The van der Waals surface area contributed by atoms with E-state index in [1.54, 1.807) is 0 Å². The molecule has 2 atom stereocenters. The summed E-state index contributed by atoms with van der Waals surface area (Å²) in [5, 5.41) is 0. The third-order valence-electron chi connectivity index (χ3n) is 3.96. The Morgan fingerprint density at radius 2 is 1.90 bits per heavy atom. The fraction of sp³-hybridized carbons (Fsp3) is 0.562. The van der Waals surface area contributed by atoms with Crippen LogP contribution in [0.5, 0.6) is 0 Å². The van der Waals surface area contributed by atoms with Gasteiger partial charge in [-0.2, -0.15) is 9.28 Å². The van der Waals surface area contributed by atoms with Gasteiger partial charge in [0, 0.05) is 30.7 Å². The molecule has 1 aliphatic rings. The SMILES string of the molecule is C[C@@H]1CCC[N+]1(C(=O)OC(C)(C)C)c1ccc(N)cc1. The lowest BCUT2D eigenvalue weighted by atomic mass is 10.1. The first-order valence-electron chi connectivity index (χ1n) is 7.23. The molecule has 0 aliphatic carbocycles. The van der Waals surface area contributed by atoms with Gasteiger partial charge in [-0.05, 0) is 39.8 Å². The summed E-state index contributed by atoms with van der Waals surface area (Å²) in [6, 6.07) is 7.82. The summed E-state index contributed by atoms with van der Waals surface area (Å²) in [5.74, 6) is 0. The lowest BCUT2D eigenvalue weighted by molar-refractivity contribution is 0.0251. The fourth-order valence-electron chi connectivity index (χ4n) is 2.92. The van der Waals surface area contributed by atoms with Crippen LogP contribution in [0.25, 0.3) is 0 Å². The predicted molar refractivity (Wildman–Crippen MR) is 82.4 cm³/mol. The number of anilines is 1. The molecule has 2 rings (SSSR count). The third-order valence-corrected chi connectivity index (χ3v) is 3.96. The molecule has 4 heteroatoms. The van der Waals surface area contributed by atoms with Crippen molar-refractivity contribution in [2.45, 2.75) is 52.2 Å². The Hall–Kier alpha value is -1.55. The summed E-state index contributed by atoms with van der Waals surface area (Å²) >= 11 is 0. The van der Waals surface area contributed by atoms with E-state index in [1.807, 2.05) is 45.0 Å². The molecule has 1 aliphatic heterocycles. The van der Waals surface area contributed by atoms with Crippen molar-refractivity contribution < 1.29 is 9.53 Å². The number of nitrogen functional groups attached to an aromatic ring is 1. The number of quaternary nitrogens is 1. The van der Waals surface area contributed by atoms with Gasteiger partial charge in [-0.25, -0.2) is 0 Å². The summed E-state index contributed by atoms with van der Waals surface area (Å²) < 4.78 is 5.96. The number of nitrogens with zero attached hydrogens (tertiary/aromatic N) is 1. The van der Waals surface area contributed by atoms with Crippen molar-refractivity contribution >= 4 is 17.5 Å². The van der Waals surface area contributed by atoms with E-state index < -0.39 is 5.60 Å². The number of nitrogens with two attached hydrogens (primary N) is 1. The second kappa shape index (κ2) is 5.09. The number of ether oxygens (including phenoxy) is 1. The maximum Gasteiger partial charge on any atom is 0.521 e. The number of carbonyl (C=O) groups excluding carboxylic acids is 1. The molecule has 0 aromatic heterocycles. The van der Waals surface area contributed by atoms with Crippen LogP contribution >= 0.6 is 0 Å². The number of rotatable bonds is 1. The molecule has 0 spiro atoms. The van der Waals surface area contributed by atoms with Crippen molar-refractivity contribution in [3.63, 3.8) is 0 Å². The highest BCUT2D eigenvalue weighted by atomic mass is 16.6. The highest BCUT2D eigenvalue weighted by Crippen LogP contribution is 2.36.